The van der Waals surface area contributed by atoms with E-state index in [1.165, 1.54) is 48.5 Å². The normalized spacial score (nSPS) is 12.2. The first-order chi connectivity index (χ1) is 19.9. The van der Waals surface area contributed by atoms with Gasteiger partial charge in [0.2, 0.25) is 12.2 Å². The molecule has 3 aromatic rings. The number of carboxylic acid groups (broad SMARTS) is 2. The maximum atomic E-state index is 12.0. The van der Waals surface area contributed by atoms with E-state index in [1.807, 2.05) is 18.2 Å². The lowest BCUT2D eigenvalue weighted by Gasteiger charge is -2.22. The standard InChI is InChI=1S/C18H14O8.C13H21NO2/c19-15(20)13(25-17(23)11-7-3-1-4-8-11)14(16(21)22)26-18(24)12-9-5-2-6-10-12;1-13(2,3)14-7-10-5-4-6-11(8-15)12(10)9-16/h1-10,13-14H,(H,19,20)(H,21,22);4-6,14-16H,7-9H2,1-3H3. The van der Waals surface area contributed by atoms with E-state index < -0.39 is 36.1 Å². The second kappa shape index (κ2) is 16.0. The van der Waals surface area contributed by atoms with Gasteiger partial charge in [0, 0.05) is 12.1 Å². The summed E-state index contributed by atoms with van der Waals surface area (Å²) in [5.74, 6) is -5.63. The van der Waals surface area contributed by atoms with Crippen LogP contribution in [0.2, 0.25) is 0 Å². The van der Waals surface area contributed by atoms with Crippen LogP contribution in [-0.4, -0.2) is 62.1 Å². The van der Waals surface area contributed by atoms with Gasteiger partial charge in [-0.25, -0.2) is 19.2 Å². The lowest BCUT2D eigenvalue weighted by Crippen LogP contribution is -2.45. The van der Waals surface area contributed by atoms with Gasteiger partial charge in [-0.15, -0.1) is 0 Å². The van der Waals surface area contributed by atoms with Crippen molar-refractivity contribution >= 4 is 23.9 Å². The average Bonchev–Trinajstić information content (AvgIpc) is 2.97. The van der Waals surface area contributed by atoms with E-state index in [9.17, 15) is 39.6 Å². The topological polar surface area (TPSA) is 180 Å². The quantitative estimate of drug-likeness (QED) is 0.210. The first-order valence-corrected chi connectivity index (χ1v) is 12.9. The molecule has 11 nitrogen and oxygen atoms in total. The van der Waals surface area contributed by atoms with Crippen molar-refractivity contribution in [2.75, 3.05) is 0 Å². The zero-order valence-corrected chi connectivity index (χ0v) is 23.5. The second-order valence-electron chi connectivity index (χ2n) is 10.0. The summed E-state index contributed by atoms with van der Waals surface area (Å²) in [7, 11) is 0. The molecule has 0 saturated heterocycles. The Morgan fingerprint density at radius 3 is 1.45 bits per heavy atom. The van der Waals surface area contributed by atoms with Gasteiger partial charge in [-0.3, -0.25) is 0 Å². The molecule has 3 aromatic carbocycles. The second-order valence-corrected chi connectivity index (χ2v) is 10.0. The smallest absolute Gasteiger partial charge is 0.349 e. The van der Waals surface area contributed by atoms with Gasteiger partial charge >= 0.3 is 23.9 Å². The van der Waals surface area contributed by atoms with Crippen LogP contribution in [0.1, 0.15) is 58.2 Å². The molecule has 0 saturated carbocycles. The number of hydrogen-bond donors (Lipinski definition) is 5. The van der Waals surface area contributed by atoms with E-state index in [4.69, 9.17) is 9.47 Å². The molecule has 0 heterocycles. The Kier molecular flexibility index (Phi) is 12.8. The van der Waals surface area contributed by atoms with Crippen LogP contribution in [0, 0.1) is 0 Å². The van der Waals surface area contributed by atoms with Crippen LogP contribution >= 0.6 is 0 Å². The lowest BCUT2D eigenvalue weighted by molar-refractivity contribution is -0.166. The van der Waals surface area contributed by atoms with Gasteiger partial charge in [0.05, 0.1) is 24.3 Å². The first kappa shape index (κ1) is 33.6. The summed E-state index contributed by atoms with van der Waals surface area (Å²) in [6.45, 7) is 6.94. The highest BCUT2D eigenvalue weighted by Crippen LogP contribution is 2.16. The van der Waals surface area contributed by atoms with Crippen LogP contribution in [0.5, 0.6) is 0 Å². The monoisotopic (exact) mass is 581 g/mol. The highest BCUT2D eigenvalue weighted by Gasteiger charge is 2.41. The molecule has 2 atom stereocenters. The van der Waals surface area contributed by atoms with E-state index in [-0.39, 0.29) is 29.9 Å². The Morgan fingerprint density at radius 1 is 0.667 bits per heavy atom. The summed E-state index contributed by atoms with van der Waals surface area (Å²) < 4.78 is 9.52. The van der Waals surface area contributed by atoms with Crippen LogP contribution < -0.4 is 5.32 Å². The minimum atomic E-state index is -2.21. The van der Waals surface area contributed by atoms with E-state index >= 15 is 0 Å². The lowest BCUT2D eigenvalue weighted by atomic mass is 10.0. The minimum absolute atomic E-state index is 0.0253. The number of carbonyl (C=O) groups is 4. The van der Waals surface area contributed by atoms with Gasteiger partial charge in [0.25, 0.3) is 0 Å². The van der Waals surface area contributed by atoms with Crippen LogP contribution in [0.4, 0.5) is 0 Å². The highest BCUT2D eigenvalue weighted by atomic mass is 16.6. The van der Waals surface area contributed by atoms with Crippen LogP contribution in [0.15, 0.2) is 78.9 Å². The maximum Gasteiger partial charge on any atom is 0.349 e. The molecule has 224 valence electrons. The highest BCUT2D eigenvalue weighted by molar-refractivity contribution is 5.95. The number of rotatable bonds is 11. The molecule has 0 fully saturated rings. The molecule has 0 amide bonds. The molecule has 0 aliphatic rings. The number of aliphatic carboxylic acids is 2. The fourth-order valence-corrected chi connectivity index (χ4v) is 3.56. The van der Waals surface area contributed by atoms with Gasteiger partial charge in [-0.1, -0.05) is 54.6 Å². The summed E-state index contributed by atoms with van der Waals surface area (Å²) >= 11 is 0. The van der Waals surface area contributed by atoms with Gasteiger partial charge in [-0.2, -0.15) is 0 Å². The fourth-order valence-electron chi connectivity index (χ4n) is 3.56. The van der Waals surface area contributed by atoms with Crippen LogP contribution in [-0.2, 0) is 38.8 Å². The number of esters is 2. The Balaban J connectivity index is 0.000000330. The Bertz CT molecular complexity index is 1270. The molecule has 42 heavy (non-hydrogen) atoms. The molecule has 0 bridgehead atoms. The summed E-state index contributed by atoms with van der Waals surface area (Å²) in [6, 6.07) is 20.6. The predicted octanol–water partition coefficient (Wildman–Crippen LogP) is 3.17. The molecule has 11 heteroatoms. The van der Waals surface area contributed by atoms with E-state index in [1.54, 1.807) is 12.1 Å². The maximum absolute atomic E-state index is 12.0. The van der Waals surface area contributed by atoms with Crippen molar-refractivity contribution in [2.45, 2.75) is 58.3 Å². The average molecular weight is 582 g/mol. The Morgan fingerprint density at radius 2 is 1.10 bits per heavy atom. The first-order valence-electron chi connectivity index (χ1n) is 12.9. The van der Waals surface area contributed by atoms with Crippen molar-refractivity contribution < 1.29 is 49.1 Å². The van der Waals surface area contributed by atoms with E-state index in [0.717, 1.165) is 16.7 Å². The summed E-state index contributed by atoms with van der Waals surface area (Å²) in [5.41, 5.74) is 2.78. The van der Waals surface area contributed by atoms with Crippen molar-refractivity contribution in [3.8, 4) is 0 Å². The summed E-state index contributed by atoms with van der Waals surface area (Å²) in [5, 5.41) is 40.3. The molecular weight excluding hydrogens is 546 g/mol. The third kappa shape index (κ3) is 10.4. The molecule has 0 radical (unpaired) electrons. The number of nitrogens with one attached hydrogen (secondary N) is 1. The Labute approximate surface area is 243 Å². The molecule has 0 spiro atoms. The SMILES string of the molecule is CC(C)(C)NCc1cccc(CO)c1CO.O=C(OC(C(=O)O)C(OC(=O)c1ccccc1)C(=O)O)c1ccccc1. The zero-order valence-electron chi connectivity index (χ0n) is 23.5. The number of hydrogen-bond acceptors (Lipinski definition) is 9. The molecule has 0 aliphatic heterocycles. The third-order valence-corrected chi connectivity index (χ3v) is 5.76. The molecule has 0 aliphatic carbocycles. The van der Waals surface area contributed by atoms with E-state index in [2.05, 4.69) is 26.1 Å². The predicted molar refractivity (Wildman–Crippen MR) is 151 cm³/mol. The van der Waals surface area contributed by atoms with Gasteiger partial charge < -0.3 is 35.2 Å². The molecular formula is C31H35NO10. The number of aliphatic hydroxyl groups excluding tert-OH is 2. The Hall–Kier alpha value is -4.58. The molecule has 0 aromatic heterocycles. The van der Waals surface area contributed by atoms with Crippen LogP contribution in [0.3, 0.4) is 0 Å². The number of benzene rings is 3. The minimum Gasteiger partial charge on any atom is -0.478 e. The number of carboxylic acids is 2. The van der Waals surface area contributed by atoms with Crippen molar-refractivity contribution in [3.05, 3.63) is 107 Å². The van der Waals surface area contributed by atoms with Crippen molar-refractivity contribution in [2.24, 2.45) is 0 Å². The van der Waals surface area contributed by atoms with Crippen molar-refractivity contribution in [1.29, 1.82) is 0 Å². The van der Waals surface area contributed by atoms with Gasteiger partial charge in [0.1, 0.15) is 0 Å². The number of aliphatic hydroxyl groups is 2. The number of carbonyl (C=O) groups excluding carboxylic acids is 2. The largest absolute Gasteiger partial charge is 0.478 e. The van der Waals surface area contributed by atoms with Crippen LogP contribution in [0.25, 0.3) is 0 Å². The molecule has 2 unspecified atom stereocenters. The van der Waals surface area contributed by atoms with Gasteiger partial charge in [0.15, 0.2) is 0 Å². The van der Waals surface area contributed by atoms with E-state index in [0.29, 0.717) is 6.54 Å². The zero-order chi connectivity index (χ0) is 31.3. The van der Waals surface area contributed by atoms with Crippen molar-refractivity contribution in [1.82, 2.24) is 5.32 Å². The molecule has 5 N–H and O–H groups in total. The summed E-state index contributed by atoms with van der Waals surface area (Å²) in [6.07, 6.45) is -4.43. The number of ether oxygens (including phenoxy) is 2. The van der Waals surface area contributed by atoms with Crippen molar-refractivity contribution in [3.63, 3.8) is 0 Å². The third-order valence-electron chi connectivity index (χ3n) is 5.76. The summed E-state index contributed by atoms with van der Waals surface area (Å²) in [4.78, 5) is 46.8. The van der Waals surface area contributed by atoms with Gasteiger partial charge in [-0.05, 0) is 61.7 Å². The molecule has 3 rings (SSSR count). The fraction of sp³-hybridized carbons (Fsp3) is 0.290.